The average molecular weight is 499 g/mol. The molecule has 0 unspecified atom stereocenters. The van der Waals surface area contributed by atoms with Gasteiger partial charge in [0.25, 0.3) is 0 Å². The number of carbonyl (C=O) groups is 2. The van der Waals surface area contributed by atoms with Crippen molar-refractivity contribution in [3.63, 3.8) is 0 Å². The van der Waals surface area contributed by atoms with Gasteiger partial charge in [-0.3, -0.25) is 4.79 Å². The van der Waals surface area contributed by atoms with Crippen molar-refractivity contribution < 1.29 is 39.1 Å². The van der Waals surface area contributed by atoms with Crippen LogP contribution in [0.5, 0.6) is 0 Å². The second-order valence-electron chi connectivity index (χ2n) is 9.30. The lowest BCUT2D eigenvalue weighted by Crippen LogP contribution is -2.46. The Kier molecular flexibility index (Phi) is 17.2. The van der Waals surface area contributed by atoms with Crippen molar-refractivity contribution in [1.29, 1.82) is 0 Å². The zero-order chi connectivity index (χ0) is 27.0. The number of hydrogen-bond donors (Lipinski definition) is 3. The Morgan fingerprint density at radius 3 is 2.20 bits per heavy atom. The van der Waals surface area contributed by atoms with Crippen LogP contribution in [0.15, 0.2) is 35.5 Å². The Bertz CT molecular complexity index is 712. The minimum absolute atomic E-state index is 0.0516. The summed E-state index contributed by atoms with van der Waals surface area (Å²) < 4.78 is 15.8. The van der Waals surface area contributed by atoms with E-state index in [4.69, 9.17) is 19.3 Å². The third kappa shape index (κ3) is 13.6. The first kappa shape index (κ1) is 33.0. The van der Waals surface area contributed by atoms with Gasteiger partial charge in [0.05, 0.1) is 19.6 Å². The van der Waals surface area contributed by atoms with E-state index in [-0.39, 0.29) is 31.5 Å². The zero-order valence-corrected chi connectivity index (χ0v) is 22.4. The number of aliphatic hydroxyl groups excluding tert-OH is 3. The Labute approximate surface area is 210 Å². The van der Waals surface area contributed by atoms with Crippen molar-refractivity contribution in [3.8, 4) is 0 Å². The molecule has 0 aliphatic carbocycles. The summed E-state index contributed by atoms with van der Waals surface area (Å²) in [6.45, 7) is 9.65. The van der Waals surface area contributed by atoms with Crippen LogP contribution in [0.2, 0.25) is 0 Å². The van der Waals surface area contributed by atoms with Gasteiger partial charge in [0.2, 0.25) is 0 Å². The van der Waals surface area contributed by atoms with Crippen molar-refractivity contribution in [3.05, 3.63) is 35.5 Å². The summed E-state index contributed by atoms with van der Waals surface area (Å²) in [6.07, 6.45) is 5.40. The van der Waals surface area contributed by atoms with E-state index in [1.807, 2.05) is 13.8 Å². The molecular formula is C27H46O8. The van der Waals surface area contributed by atoms with Crippen LogP contribution >= 0.6 is 0 Å². The van der Waals surface area contributed by atoms with Crippen LogP contribution < -0.4 is 0 Å². The SMILES string of the molecule is C/C=C(\C)C[C@@H](C)C[C@H](C)[C@H](O)[C@H](OC(=O)/C=C/C(C)=C/[C@H](CO)CCO)[C@@H](CC(=O)OC)OC. The molecule has 0 heterocycles. The summed E-state index contributed by atoms with van der Waals surface area (Å²) in [5.41, 5.74) is 1.98. The molecule has 0 aliphatic rings. The maximum atomic E-state index is 12.6. The van der Waals surface area contributed by atoms with Crippen molar-refractivity contribution in [1.82, 2.24) is 0 Å². The molecule has 0 radical (unpaired) electrons. The molecule has 0 aromatic rings. The van der Waals surface area contributed by atoms with Crippen molar-refractivity contribution in [2.24, 2.45) is 17.8 Å². The van der Waals surface area contributed by atoms with Gasteiger partial charge in [0, 0.05) is 32.3 Å². The lowest BCUT2D eigenvalue weighted by atomic mass is 9.85. The molecular weight excluding hydrogens is 452 g/mol. The van der Waals surface area contributed by atoms with Crippen molar-refractivity contribution in [2.45, 2.75) is 78.6 Å². The normalized spacial score (nSPS) is 18.0. The molecule has 202 valence electrons. The summed E-state index contributed by atoms with van der Waals surface area (Å²) in [5, 5.41) is 29.6. The Morgan fingerprint density at radius 1 is 1.03 bits per heavy atom. The molecule has 0 rings (SSSR count). The second-order valence-corrected chi connectivity index (χ2v) is 9.30. The Morgan fingerprint density at radius 2 is 1.69 bits per heavy atom. The van der Waals surface area contributed by atoms with Gasteiger partial charge in [-0.15, -0.1) is 0 Å². The molecule has 6 atom stereocenters. The van der Waals surface area contributed by atoms with Gasteiger partial charge < -0.3 is 29.5 Å². The topological polar surface area (TPSA) is 123 Å². The van der Waals surface area contributed by atoms with E-state index in [0.29, 0.717) is 24.3 Å². The number of esters is 2. The fourth-order valence-corrected chi connectivity index (χ4v) is 3.99. The maximum Gasteiger partial charge on any atom is 0.331 e. The molecule has 0 saturated carbocycles. The van der Waals surface area contributed by atoms with E-state index >= 15 is 0 Å². The van der Waals surface area contributed by atoms with E-state index in [9.17, 15) is 19.8 Å². The van der Waals surface area contributed by atoms with Crippen LogP contribution in [-0.4, -0.2) is 73.0 Å². The third-order valence-corrected chi connectivity index (χ3v) is 6.09. The minimum atomic E-state index is -1.08. The van der Waals surface area contributed by atoms with Gasteiger partial charge in [-0.05, 0) is 51.9 Å². The summed E-state index contributed by atoms with van der Waals surface area (Å²) in [6, 6.07) is 0. The molecule has 0 fully saturated rings. The maximum absolute atomic E-state index is 12.6. The zero-order valence-electron chi connectivity index (χ0n) is 22.4. The molecule has 8 heteroatoms. The monoisotopic (exact) mass is 498 g/mol. The van der Waals surface area contributed by atoms with Crippen LogP contribution in [0.25, 0.3) is 0 Å². The van der Waals surface area contributed by atoms with Crippen LogP contribution in [0.3, 0.4) is 0 Å². The van der Waals surface area contributed by atoms with Crippen LogP contribution in [0.1, 0.15) is 60.3 Å². The number of allylic oxidation sites excluding steroid dienone is 4. The van der Waals surface area contributed by atoms with Crippen LogP contribution in [0.4, 0.5) is 0 Å². The number of rotatable bonds is 17. The van der Waals surface area contributed by atoms with Gasteiger partial charge in [0.15, 0.2) is 6.10 Å². The smallest absolute Gasteiger partial charge is 0.331 e. The number of hydrogen-bond acceptors (Lipinski definition) is 8. The van der Waals surface area contributed by atoms with Gasteiger partial charge in [0.1, 0.15) is 6.10 Å². The van der Waals surface area contributed by atoms with Crippen LogP contribution in [0, 0.1) is 17.8 Å². The fraction of sp³-hybridized carbons (Fsp3) is 0.704. The highest BCUT2D eigenvalue weighted by molar-refractivity contribution is 5.82. The molecule has 0 amide bonds. The predicted octanol–water partition coefficient (Wildman–Crippen LogP) is 3.35. The lowest BCUT2D eigenvalue weighted by molar-refractivity contribution is -0.170. The van der Waals surface area contributed by atoms with E-state index in [0.717, 1.165) is 6.42 Å². The highest BCUT2D eigenvalue weighted by Crippen LogP contribution is 2.26. The number of methoxy groups -OCH3 is 2. The van der Waals surface area contributed by atoms with Gasteiger partial charge in [-0.2, -0.15) is 0 Å². The Balaban J connectivity index is 5.60. The number of ether oxygens (including phenoxy) is 3. The minimum Gasteiger partial charge on any atom is -0.469 e. The highest BCUT2D eigenvalue weighted by Gasteiger charge is 2.36. The molecule has 0 bridgehead atoms. The quantitative estimate of drug-likeness (QED) is 0.121. The van der Waals surface area contributed by atoms with Crippen molar-refractivity contribution in [2.75, 3.05) is 27.4 Å². The molecule has 0 aliphatic heterocycles. The number of aliphatic hydroxyl groups is 3. The van der Waals surface area contributed by atoms with E-state index in [1.54, 1.807) is 19.1 Å². The van der Waals surface area contributed by atoms with Crippen molar-refractivity contribution >= 4 is 11.9 Å². The van der Waals surface area contributed by atoms with E-state index in [2.05, 4.69) is 19.9 Å². The molecule has 0 aromatic heterocycles. The molecule has 0 spiro atoms. The molecule has 35 heavy (non-hydrogen) atoms. The fourth-order valence-electron chi connectivity index (χ4n) is 3.99. The summed E-state index contributed by atoms with van der Waals surface area (Å²) >= 11 is 0. The Hall–Kier alpha value is -2.00. The highest BCUT2D eigenvalue weighted by atomic mass is 16.6. The van der Waals surface area contributed by atoms with Crippen LogP contribution in [-0.2, 0) is 23.8 Å². The largest absolute Gasteiger partial charge is 0.469 e. The first-order valence-corrected chi connectivity index (χ1v) is 12.2. The van der Waals surface area contributed by atoms with E-state index < -0.39 is 30.3 Å². The van der Waals surface area contributed by atoms with Gasteiger partial charge in [-0.1, -0.05) is 43.2 Å². The third-order valence-electron chi connectivity index (χ3n) is 6.09. The van der Waals surface area contributed by atoms with E-state index in [1.165, 1.54) is 25.9 Å². The van der Waals surface area contributed by atoms with Gasteiger partial charge in [-0.25, -0.2) is 4.79 Å². The summed E-state index contributed by atoms with van der Waals surface area (Å²) in [4.78, 5) is 24.5. The summed E-state index contributed by atoms with van der Waals surface area (Å²) in [7, 11) is 2.65. The number of carbonyl (C=O) groups excluding carboxylic acids is 2. The predicted molar refractivity (Wildman–Crippen MR) is 135 cm³/mol. The first-order valence-electron chi connectivity index (χ1n) is 12.2. The molecule has 8 nitrogen and oxygen atoms in total. The van der Waals surface area contributed by atoms with Gasteiger partial charge >= 0.3 is 11.9 Å². The average Bonchev–Trinajstić information content (AvgIpc) is 2.83. The second kappa shape index (κ2) is 18.3. The molecule has 0 saturated heterocycles. The first-order chi connectivity index (χ1) is 16.5. The molecule has 3 N–H and O–H groups in total. The lowest BCUT2D eigenvalue weighted by Gasteiger charge is -2.33. The summed E-state index contributed by atoms with van der Waals surface area (Å²) in [5.74, 6) is -1.37. The standard InChI is InChI=1S/C27H46O8/c1-8-18(2)13-20(4)14-21(5)26(32)27(23(33-6)16-25(31)34-7)35-24(30)10-9-19(3)15-22(17-29)11-12-28/h8-10,15,20-23,26-29,32H,11-14,16-17H2,1-7H3/b10-9+,18-8+,19-15+/t20-,21+,22-,23-,26+,27-/m1/s1. The molecule has 0 aromatic carbocycles.